The molecule has 0 unspecified atom stereocenters. The van der Waals surface area contributed by atoms with Gasteiger partial charge in [-0.1, -0.05) is 35.9 Å². The number of hydrogen-bond acceptors (Lipinski definition) is 0. The van der Waals surface area contributed by atoms with E-state index in [1.807, 2.05) is 0 Å². The van der Waals surface area contributed by atoms with Gasteiger partial charge in [-0.05, 0) is 29.8 Å². The van der Waals surface area contributed by atoms with Crippen molar-refractivity contribution in [3.63, 3.8) is 0 Å². The van der Waals surface area contributed by atoms with Gasteiger partial charge in [-0.3, -0.25) is 0 Å². The molecule has 0 aliphatic heterocycles. The summed E-state index contributed by atoms with van der Waals surface area (Å²) >= 11 is 0. The maximum Gasteiger partial charge on any atom is 0.211 e. The van der Waals surface area contributed by atoms with Crippen LogP contribution in [-0.4, -0.2) is 0 Å². The first-order chi connectivity index (χ1) is 9.29. The molecule has 0 amide bonds. The third kappa shape index (κ3) is 2.06. The molecule has 4 aromatic rings. The lowest BCUT2D eigenvalue weighted by Gasteiger charge is -2.00. The molecule has 2 aromatic heterocycles. The number of rotatable bonds is 0. The van der Waals surface area contributed by atoms with E-state index in [2.05, 4.69) is 78.3 Å². The molecule has 2 aromatic carbocycles. The minimum atomic E-state index is 0. The first-order valence-corrected chi connectivity index (χ1v) is 6.54. The Kier molecular flexibility index (Phi) is 3.19. The van der Waals surface area contributed by atoms with Crippen LogP contribution in [-0.2, 0) is 0 Å². The van der Waals surface area contributed by atoms with Crippen LogP contribution < -0.4 is 21.4 Å². The summed E-state index contributed by atoms with van der Waals surface area (Å²) in [5, 5.41) is 5.13. The van der Waals surface area contributed by atoms with Crippen molar-refractivity contribution in [2.24, 2.45) is 0 Å². The largest absolute Gasteiger partial charge is 1.00 e. The zero-order chi connectivity index (χ0) is 12.8. The fourth-order valence-corrected chi connectivity index (χ4v) is 2.69. The monoisotopic (exact) mass is 323 g/mol. The molecule has 2 heterocycles. The Morgan fingerprint density at radius 2 is 1.35 bits per heavy atom. The van der Waals surface area contributed by atoms with Crippen molar-refractivity contribution in [1.82, 2.24) is 0 Å². The van der Waals surface area contributed by atoms with E-state index in [9.17, 15) is 0 Å². The standard InChI is InChI=1S/C18H14N.BrH/c1-13-6-7-16-12-19-11-15-5-3-2-4-14(15)9-18(19)10-17(16)8-13;/h2-12H,1H3;1H/q+1;/p-1. The highest BCUT2D eigenvalue weighted by Gasteiger charge is 2.07. The van der Waals surface area contributed by atoms with Gasteiger partial charge in [0, 0.05) is 22.9 Å². The Morgan fingerprint density at radius 3 is 2.15 bits per heavy atom. The number of nitrogens with zero attached hydrogens (tertiary/aromatic N) is 1. The van der Waals surface area contributed by atoms with E-state index < -0.39 is 0 Å². The van der Waals surface area contributed by atoms with Crippen LogP contribution in [0.1, 0.15) is 5.56 Å². The summed E-state index contributed by atoms with van der Waals surface area (Å²) in [4.78, 5) is 0. The fourth-order valence-electron chi connectivity index (χ4n) is 2.69. The van der Waals surface area contributed by atoms with Crippen LogP contribution in [0.4, 0.5) is 0 Å². The van der Waals surface area contributed by atoms with Gasteiger partial charge >= 0.3 is 0 Å². The summed E-state index contributed by atoms with van der Waals surface area (Å²) in [6.45, 7) is 2.14. The molecule has 0 saturated heterocycles. The number of hydrogen-bond donors (Lipinski definition) is 0. The third-order valence-electron chi connectivity index (χ3n) is 3.70. The Balaban J connectivity index is 0.00000121. The first kappa shape index (κ1) is 13.1. The average Bonchev–Trinajstić information content (AvgIpc) is 2.43. The molecule has 0 N–H and O–H groups in total. The van der Waals surface area contributed by atoms with Gasteiger partial charge < -0.3 is 17.0 Å². The van der Waals surface area contributed by atoms with Gasteiger partial charge in [0.05, 0.1) is 0 Å². The number of fused-ring (bicyclic) bond motifs is 3. The number of aryl methyl sites for hydroxylation is 1. The number of benzene rings is 2. The Morgan fingerprint density at radius 1 is 0.700 bits per heavy atom. The predicted molar refractivity (Wildman–Crippen MR) is 79.4 cm³/mol. The maximum absolute atomic E-state index is 2.26. The van der Waals surface area contributed by atoms with E-state index in [1.165, 1.54) is 32.6 Å². The third-order valence-corrected chi connectivity index (χ3v) is 3.70. The topological polar surface area (TPSA) is 4.10 Å². The Labute approximate surface area is 128 Å². The summed E-state index contributed by atoms with van der Waals surface area (Å²) < 4.78 is 2.21. The first-order valence-electron chi connectivity index (χ1n) is 6.54. The Hall–Kier alpha value is -1.93. The minimum Gasteiger partial charge on any atom is -1.00 e. The van der Waals surface area contributed by atoms with E-state index in [0.717, 1.165) is 0 Å². The molecule has 0 aliphatic carbocycles. The van der Waals surface area contributed by atoms with Crippen LogP contribution in [0.25, 0.3) is 27.1 Å². The smallest absolute Gasteiger partial charge is 0.211 e. The zero-order valence-corrected chi connectivity index (χ0v) is 12.8. The van der Waals surface area contributed by atoms with Crippen molar-refractivity contribution in [2.45, 2.75) is 6.92 Å². The SMILES string of the molecule is Cc1ccc2c[n+]3cc4ccccc4cc3cc2c1.[Br-]. The molecule has 0 fully saturated rings. The van der Waals surface area contributed by atoms with Gasteiger partial charge in [0.25, 0.3) is 0 Å². The normalized spacial score (nSPS) is 10.8. The summed E-state index contributed by atoms with van der Waals surface area (Å²) in [6.07, 6.45) is 4.40. The predicted octanol–water partition coefficient (Wildman–Crippen LogP) is 1.04. The van der Waals surface area contributed by atoms with Crippen molar-refractivity contribution in [3.8, 4) is 0 Å². The lowest BCUT2D eigenvalue weighted by molar-refractivity contribution is -0.508. The van der Waals surface area contributed by atoms with Crippen molar-refractivity contribution < 1.29 is 21.4 Å². The van der Waals surface area contributed by atoms with Crippen molar-refractivity contribution in [2.75, 3.05) is 0 Å². The Bertz CT molecular complexity index is 928. The summed E-state index contributed by atoms with van der Waals surface area (Å²) in [7, 11) is 0. The maximum atomic E-state index is 2.26. The number of pyridine rings is 2. The van der Waals surface area contributed by atoms with Crippen LogP contribution in [0.3, 0.4) is 0 Å². The highest BCUT2D eigenvalue weighted by Crippen LogP contribution is 2.18. The quantitative estimate of drug-likeness (QED) is 0.336. The minimum absolute atomic E-state index is 0. The van der Waals surface area contributed by atoms with E-state index in [0.29, 0.717) is 0 Å². The molecule has 1 nitrogen and oxygen atoms in total. The van der Waals surface area contributed by atoms with E-state index in [1.54, 1.807) is 0 Å². The van der Waals surface area contributed by atoms with Gasteiger partial charge in [-0.25, -0.2) is 0 Å². The zero-order valence-electron chi connectivity index (χ0n) is 11.2. The van der Waals surface area contributed by atoms with Crippen LogP contribution >= 0.6 is 0 Å². The lowest BCUT2D eigenvalue weighted by Crippen LogP contribution is -3.00. The van der Waals surface area contributed by atoms with Crippen molar-refractivity contribution in [1.29, 1.82) is 0 Å². The lowest BCUT2D eigenvalue weighted by atomic mass is 10.1. The van der Waals surface area contributed by atoms with Crippen LogP contribution in [0.2, 0.25) is 0 Å². The molecular weight excluding hydrogens is 310 g/mol. The van der Waals surface area contributed by atoms with Gasteiger partial charge in [-0.2, -0.15) is 4.40 Å². The summed E-state index contributed by atoms with van der Waals surface area (Å²) in [5.74, 6) is 0. The molecular formula is C18H14BrN. The molecule has 0 radical (unpaired) electrons. The summed E-state index contributed by atoms with van der Waals surface area (Å²) in [5.41, 5.74) is 2.54. The summed E-state index contributed by atoms with van der Waals surface area (Å²) in [6, 6.07) is 19.6. The second kappa shape index (κ2) is 4.88. The van der Waals surface area contributed by atoms with Gasteiger partial charge in [0.1, 0.15) is 0 Å². The molecule has 2 heteroatoms. The number of aromatic nitrogens is 1. The second-order valence-corrected chi connectivity index (χ2v) is 5.14. The van der Waals surface area contributed by atoms with Crippen LogP contribution in [0.15, 0.2) is 67.0 Å². The van der Waals surface area contributed by atoms with Gasteiger partial charge in [-0.15, -0.1) is 0 Å². The molecule has 0 bridgehead atoms. The molecule has 0 saturated carbocycles. The van der Waals surface area contributed by atoms with Crippen molar-refractivity contribution in [3.05, 3.63) is 72.6 Å². The average molecular weight is 324 g/mol. The molecule has 0 spiro atoms. The van der Waals surface area contributed by atoms with E-state index in [-0.39, 0.29) is 17.0 Å². The van der Waals surface area contributed by atoms with Crippen LogP contribution in [0, 0.1) is 6.92 Å². The molecule has 20 heavy (non-hydrogen) atoms. The molecule has 98 valence electrons. The van der Waals surface area contributed by atoms with Gasteiger partial charge in [0.2, 0.25) is 5.52 Å². The fraction of sp³-hybridized carbons (Fsp3) is 0.0556. The van der Waals surface area contributed by atoms with Gasteiger partial charge in [0.15, 0.2) is 12.4 Å². The van der Waals surface area contributed by atoms with Crippen molar-refractivity contribution >= 4 is 27.1 Å². The molecule has 0 atom stereocenters. The molecule has 4 rings (SSSR count). The van der Waals surface area contributed by atoms with E-state index in [4.69, 9.17) is 0 Å². The van der Waals surface area contributed by atoms with Crippen LogP contribution in [0.5, 0.6) is 0 Å². The molecule has 0 aliphatic rings. The highest BCUT2D eigenvalue weighted by molar-refractivity contribution is 5.88. The number of halogens is 1. The highest BCUT2D eigenvalue weighted by atomic mass is 79.9. The second-order valence-electron chi connectivity index (χ2n) is 5.14. The van der Waals surface area contributed by atoms with E-state index >= 15 is 0 Å².